The number of H-pyrrole nitrogens is 1. The summed E-state index contributed by atoms with van der Waals surface area (Å²) in [5.74, 6) is -0.308. The first-order valence-electron chi connectivity index (χ1n) is 8.87. The van der Waals surface area contributed by atoms with Crippen molar-refractivity contribution in [3.63, 3.8) is 0 Å². The van der Waals surface area contributed by atoms with Crippen molar-refractivity contribution in [2.75, 3.05) is 5.32 Å². The average molecular weight is 447 g/mol. The highest BCUT2D eigenvalue weighted by molar-refractivity contribution is 9.10. The zero-order valence-electron chi connectivity index (χ0n) is 14.5. The maximum absolute atomic E-state index is 12.8. The third kappa shape index (κ3) is 3.66. The molecule has 1 aliphatic rings. The highest BCUT2D eigenvalue weighted by atomic mass is 79.9. The fourth-order valence-corrected chi connectivity index (χ4v) is 5.82. The minimum atomic E-state index is -3.35. The molecule has 7 heteroatoms. The van der Waals surface area contributed by atoms with Crippen LogP contribution in [-0.4, -0.2) is 24.6 Å². The van der Waals surface area contributed by atoms with Gasteiger partial charge in [-0.05, 0) is 49.2 Å². The Hall–Kier alpha value is -2.12. The summed E-state index contributed by atoms with van der Waals surface area (Å²) in [6.07, 6.45) is 3.33. The lowest BCUT2D eigenvalue weighted by molar-refractivity contribution is 0.102. The van der Waals surface area contributed by atoms with Gasteiger partial charge in [0.25, 0.3) is 5.91 Å². The van der Waals surface area contributed by atoms with E-state index in [9.17, 15) is 13.2 Å². The van der Waals surface area contributed by atoms with Gasteiger partial charge in [-0.2, -0.15) is 0 Å². The van der Waals surface area contributed by atoms with Gasteiger partial charge in [-0.15, -0.1) is 0 Å². The Labute approximate surface area is 166 Å². The van der Waals surface area contributed by atoms with E-state index in [0.29, 0.717) is 24.2 Å². The van der Waals surface area contributed by atoms with Crippen molar-refractivity contribution in [3.05, 3.63) is 58.7 Å². The lowest BCUT2D eigenvalue weighted by Crippen LogP contribution is -2.18. The highest BCUT2D eigenvalue weighted by Crippen LogP contribution is 2.30. The largest absolute Gasteiger partial charge is 0.350 e. The normalized spacial score (nSPS) is 15.3. The van der Waals surface area contributed by atoms with E-state index in [2.05, 4.69) is 26.2 Å². The molecule has 1 saturated carbocycles. The molecule has 1 fully saturated rings. The van der Waals surface area contributed by atoms with Crippen molar-refractivity contribution >= 4 is 48.3 Å². The summed E-state index contributed by atoms with van der Waals surface area (Å²) in [6.45, 7) is 0. The Morgan fingerprint density at radius 1 is 1.07 bits per heavy atom. The second-order valence-corrected chi connectivity index (χ2v) is 9.99. The Kier molecular flexibility index (Phi) is 4.82. The van der Waals surface area contributed by atoms with E-state index >= 15 is 0 Å². The van der Waals surface area contributed by atoms with Crippen LogP contribution >= 0.6 is 15.9 Å². The van der Waals surface area contributed by atoms with Crippen LogP contribution in [0.25, 0.3) is 10.9 Å². The Balaban J connectivity index is 1.57. The van der Waals surface area contributed by atoms with E-state index < -0.39 is 9.84 Å². The van der Waals surface area contributed by atoms with E-state index in [1.165, 1.54) is 0 Å². The van der Waals surface area contributed by atoms with Crippen LogP contribution < -0.4 is 5.32 Å². The van der Waals surface area contributed by atoms with Gasteiger partial charge in [0.05, 0.1) is 10.1 Å². The van der Waals surface area contributed by atoms with Crippen molar-refractivity contribution in [1.82, 2.24) is 4.98 Å². The van der Waals surface area contributed by atoms with Crippen LogP contribution in [0.4, 0.5) is 5.69 Å². The fourth-order valence-electron chi connectivity index (χ4n) is 3.56. The minimum absolute atomic E-state index is 0.271. The summed E-state index contributed by atoms with van der Waals surface area (Å²) in [5.41, 5.74) is 1.75. The summed E-state index contributed by atoms with van der Waals surface area (Å²) < 4.78 is 26.5. The van der Waals surface area contributed by atoms with Gasteiger partial charge in [0.15, 0.2) is 9.84 Å². The van der Waals surface area contributed by atoms with Crippen LogP contribution in [-0.2, 0) is 9.84 Å². The van der Waals surface area contributed by atoms with Gasteiger partial charge >= 0.3 is 0 Å². The standard InChI is InChI=1S/C20H19BrN2O3S/c21-14-9-8-13-10-19(23-18(13)11-14)20(24)22-15-4-3-7-17(12-15)27(25,26)16-5-1-2-6-16/h3-4,7-12,16,23H,1-2,5-6H2,(H,22,24). The maximum Gasteiger partial charge on any atom is 0.272 e. The number of amides is 1. The molecular weight excluding hydrogens is 428 g/mol. The zero-order valence-corrected chi connectivity index (χ0v) is 16.9. The molecule has 0 radical (unpaired) electrons. The predicted octanol–water partition coefficient (Wildman–Crippen LogP) is 4.90. The summed E-state index contributed by atoms with van der Waals surface area (Å²) in [6, 6.07) is 14.0. The lowest BCUT2D eigenvalue weighted by Gasteiger charge is -2.12. The number of carbonyl (C=O) groups is 1. The van der Waals surface area contributed by atoms with Crippen molar-refractivity contribution in [3.8, 4) is 0 Å². The number of hydrogen-bond donors (Lipinski definition) is 2. The zero-order chi connectivity index (χ0) is 19.0. The van der Waals surface area contributed by atoms with Crippen molar-refractivity contribution in [2.45, 2.75) is 35.8 Å². The van der Waals surface area contributed by atoms with Crippen LogP contribution in [0.2, 0.25) is 0 Å². The molecule has 140 valence electrons. The van der Waals surface area contributed by atoms with Crippen LogP contribution in [0.3, 0.4) is 0 Å². The molecule has 0 bridgehead atoms. The third-order valence-corrected chi connectivity index (χ3v) is 7.74. The molecule has 1 heterocycles. The average Bonchev–Trinajstić information content (AvgIpc) is 3.31. The SMILES string of the molecule is O=C(Nc1cccc(S(=O)(=O)C2CCCC2)c1)c1cc2ccc(Br)cc2[nH]1. The van der Waals surface area contributed by atoms with Crippen molar-refractivity contribution < 1.29 is 13.2 Å². The molecule has 1 aliphatic carbocycles. The Morgan fingerprint density at radius 3 is 2.63 bits per heavy atom. The van der Waals surface area contributed by atoms with Gasteiger partial charge in [-0.25, -0.2) is 8.42 Å². The minimum Gasteiger partial charge on any atom is -0.350 e. The summed E-state index contributed by atoms with van der Waals surface area (Å²) in [7, 11) is -3.35. The Bertz CT molecular complexity index is 1120. The van der Waals surface area contributed by atoms with Crippen LogP contribution in [0.15, 0.2) is 57.9 Å². The van der Waals surface area contributed by atoms with Crippen LogP contribution in [0.5, 0.6) is 0 Å². The number of benzene rings is 2. The highest BCUT2D eigenvalue weighted by Gasteiger charge is 2.30. The molecule has 1 amide bonds. The second kappa shape index (κ2) is 7.13. The monoisotopic (exact) mass is 446 g/mol. The van der Waals surface area contributed by atoms with Gasteiger partial charge in [-0.3, -0.25) is 4.79 Å². The molecule has 1 aromatic heterocycles. The number of rotatable bonds is 4. The number of aromatic amines is 1. The molecule has 0 aliphatic heterocycles. The molecule has 0 atom stereocenters. The first-order valence-corrected chi connectivity index (χ1v) is 11.2. The van der Waals surface area contributed by atoms with Gasteiger partial charge in [-0.1, -0.05) is 40.9 Å². The fraction of sp³-hybridized carbons (Fsp3) is 0.250. The van der Waals surface area contributed by atoms with Crippen molar-refractivity contribution in [1.29, 1.82) is 0 Å². The summed E-state index contributed by atoms with van der Waals surface area (Å²) in [4.78, 5) is 15.9. The number of nitrogens with one attached hydrogen (secondary N) is 2. The number of sulfone groups is 1. The van der Waals surface area contributed by atoms with E-state index in [0.717, 1.165) is 28.2 Å². The molecule has 0 saturated heterocycles. The maximum atomic E-state index is 12.8. The Morgan fingerprint density at radius 2 is 1.85 bits per heavy atom. The summed E-state index contributed by atoms with van der Waals surface area (Å²) >= 11 is 3.41. The van der Waals surface area contributed by atoms with E-state index in [1.807, 2.05) is 18.2 Å². The molecule has 0 unspecified atom stereocenters. The van der Waals surface area contributed by atoms with E-state index in [4.69, 9.17) is 0 Å². The number of hydrogen-bond acceptors (Lipinski definition) is 3. The van der Waals surface area contributed by atoms with Crippen molar-refractivity contribution in [2.24, 2.45) is 0 Å². The molecule has 2 N–H and O–H groups in total. The molecular formula is C20H19BrN2O3S. The number of halogens is 1. The topological polar surface area (TPSA) is 79.0 Å². The number of aromatic nitrogens is 1. The molecule has 2 aromatic carbocycles. The first kappa shape index (κ1) is 18.3. The van der Waals surface area contributed by atoms with Crippen LogP contribution in [0, 0.1) is 0 Å². The first-order chi connectivity index (χ1) is 12.9. The van der Waals surface area contributed by atoms with E-state index in [1.54, 1.807) is 30.3 Å². The number of carbonyl (C=O) groups excluding carboxylic acids is 1. The molecule has 5 nitrogen and oxygen atoms in total. The van der Waals surface area contributed by atoms with Gasteiger partial charge < -0.3 is 10.3 Å². The van der Waals surface area contributed by atoms with Gasteiger partial charge in [0.2, 0.25) is 0 Å². The second-order valence-electron chi connectivity index (χ2n) is 6.85. The molecule has 4 rings (SSSR count). The summed E-state index contributed by atoms with van der Waals surface area (Å²) in [5, 5.41) is 3.41. The van der Waals surface area contributed by atoms with E-state index in [-0.39, 0.29) is 16.1 Å². The smallest absolute Gasteiger partial charge is 0.272 e. The number of anilines is 1. The lowest BCUT2D eigenvalue weighted by atomic mass is 10.2. The molecule has 3 aromatic rings. The molecule has 27 heavy (non-hydrogen) atoms. The number of fused-ring (bicyclic) bond motifs is 1. The predicted molar refractivity (Wildman–Crippen MR) is 110 cm³/mol. The molecule has 0 spiro atoms. The quantitative estimate of drug-likeness (QED) is 0.597. The van der Waals surface area contributed by atoms with Crippen LogP contribution in [0.1, 0.15) is 36.2 Å². The van der Waals surface area contributed by atoms with Gasteiger partial charge in [0, 0.05) is 21.1 Å². The third-order valence-electron chi connectivity index (χ3n) is 4.99. The van der Waals surface area contributed by atoms with Gasteiger partial charge in [0.1, 0.15) is 5.69 Å².